The van der Waals surface area contributed by atoms with Crippen LogP contribution in [0.25, 0.3) is 0 Å². The summed E-state index contributed by atoms with van der Waals surface area (Å²) in [5.41, 5.74) is 1.01. The number of nitrogens with zero attached hydrogens (tertiary/aromatic N) is 2. The maximum absolute atomic E-state index is 12.4. The second-order valence-electron chi connectivity index (χ2n) is 4.77. The first-order valence-corrected chi connectivity index (χ1v) is 6.53. The maximum Gasteiger partial charge on any atom is 0.233 e. The summed E-state index contributed by atoms with van der Waals surface area (Å²) in [5, 5.41) is 0. The fourth-order valence-electron chi connectivity index (χ4n) is 2.39. The molecule has 1 aliphatic carbocycles. The summed E-state index contributed by atoms with van der Waals surface area (Å²) in [4.78, 5) is 29.7. The standard InChI is InChI=1S/C15H18N2O2/c1-2-10-17(11-12-6-8-16-9-7-12)15(19)13-4-3-5-14(13)18/h2,6-9,13H,1,3-5,10-11H2. The summed E-state index contributed by atoms with van der Waals surface area (Å²) in [6.07, 6.45) is 7.14. The van der Waals surface area contributed by atoms with Crippen LogP contribution in [0.3, 0.4) is 0 Å². The second-order valence-corrected chi connectivity index (χ2v) is 4.77. The van der Waals surface area contributed by atoms with E-state index in [4.69, 9.17) is 0 Å². The van der Waals surface area contributed by atoms with Crippen LogP contribution in [0.1, 0.15) is 24.8 Å². The fourth-order valence-corrected chi connectivity index (χ4v) is 2.39. The number of carbonyl (C=O) groups excluding carboxylic acids is 2. The summed E-state index contributed by atoms with van der Waals surface area (Å²) in [5.74, 6) is -0.435. The monoisotopic (exact) mass is 258 g/mol. The SMILES string of the molecule is C=CCN(Cc1ccncc1)C(=O)C1CCCC1=O. The second kappa shape index (κ2) is 6.27. The molecule has 0 aromatic carbocycles. The lowest BCUT2D eigenvalue weighted by Crippen LogP contribution is -2.37. The highest BCUT2D eigenvalue weighted by molar-refractivity contribution is 6.02. The Kier molecular flexibility index (Phi) is 4.44. The molecule has 0 aliphatic heterocycles. The van der Waals surface area contributed by atoms with Crippen LogP contribution >= 0.6 is 0 Å². The molecule has 0 bridgehead atoms. The Hall–Kier alpha value is -1.97. The number of rotatable bonds is 5. The molecule has 0 N–H and O–H groups in total. The van der Waals surface area contributed by atoms with Crippen molar-refractivity contribution in [2.45, 2.75) is 25.8 Å². The number of ketones is 1. The van der Waals surface area contributed by atoms with Gasteiger partial charge in [0.2, 0.25) is 5.91 Å². The van der Waals surface area contributed by atoms with Crippen LogP contribution in [0.15, 0.2) is 37.2 Å². The Bertz CT molecular complexity index is 470. The quantitative estimate of drug-likeness (QED) is 0.599. The van der Waals surface area contributed by atoms with Gasteiger partial charge in [-0.1, -0.05) is 6.08 Å². The molecule has 1 aromatic heterocycles. The van der Waals surface area contributed by atoms with Crippen molar-refractivity contribution in [3.05, 3.63) is 42.7 Å². The Morgan fingerprint density at radius 3 is 2.79 bits per heavy atom. The van der Waals surface area contributed by atoms with Gasteiger partial charge in [0.05, 0.1) is 5.92 Å². The van der Waals surface area contributed by atoms with Crippen LogP contribution in [-0.4, -0.2) is 28.1 Å². The smallest absolute Gasteiger partial charge is 0.233 e. The first kappa shape index (κ1) is 13.5. The van der Waals surface area contributed by atoms with Crippen molar-refractivity contribution in [3.63, 3.8) is 0 Å². The summed E-state index contributed by atoms with van der Waals surface area (Å²) < 4.78 is 0. The average molecular weight is 258 g/mol. The molecule has 0 spiro atoms. The zero-order chi connectivity index (χ0) is 13.7. The van der Waals surface area contributed by atoms with Crippen molar-refractivity contribution in [3.8, 4) is 0 Å². The Balaban J connectivity index is 2.09. The highest BCUT2D eigenvalue weighted by Gasteiger charge is 2.33. The zero-order valence-electron chi connectivity index (χ0n) is 10.9. The van der Waals surface area contributed by atoms with Gasteiger partial charge in [0.25, 0.3) is 0 Å². The minimum atomic E-state index is -0.443. The van der Waals surface area contributed by atoms with Crippen LogP contribution < -0.4 is 0 Å². The van der Waals surface area contributed by atoms with Gasteiger partial charge in [0, 0.05) is 31.9 Å². The van der Waals surface area contributed by atoms with E-state index in [0.29, 0.717) is 25.9 Å². The number of carbonyl (C=O) groups is 2. The predicted octanol–water partition coefficient (Wildman–Crippen LogP) is 1.97. The van der Waals surface area contributed by atoms with E-state index in [-0.39, 0.29) is 11.7 Å². The highest BCUT2D eigenvalue weighted by atomic mass is 16.2. The molecule has 0 radical (unpaired) electrons. The Morgan fingerprint density at radius 2 is 2.21 bits per heavy atom. The molecule has 1 aromatic rings. The van der Waals surface area contributed by atoms with Gasteiger partial charge in [0.15, 0.2) is 0 Å². The third-order valence-electron chi connectivity index (χ3n) is 3.39. The molecule has 2 rings (SSSR count). The van der Waals surface area contributed by atoms with Gasteiger partial charge in [-0.15, -0.1) is 6.58 Å². The van der Waals surface area contributed by atoms with E-state index >= 15 is 0 Å². The van der Waals surface area contributed by atoms with Gasteiger partial charge >= 0.3 is 0 Å². The minimum absolute atomic E-state index is 0.0702. The molecule has 1 saturated carbocycles. The maximum atomic E-state index is 12.4. The van der Waals surface area contributed by atoms with E-state index in [2.05, 4.69) is 11.6 Å². The van der Waals surface area contributed by atoms with E-state index in [0.717, 1.165) is 12.0 Å². The van der Waals surface area contributed by atoms with Crippen LogP contribution in [0, 0.1) is 5.92 Å². The van der Waals surface area contributed by atoms with Crippen molar-refractivity contribution in [1.82, 2.24) is 9.88 Å². The van der Waals surface area contributed by atoms with Gasteiger partial charge in [-0.2, -0.15) is 0 Å². The lowest BCUT2D eigenvalue weighted by Gasteiger charge is -2.23. The molecule has 100 valence electrons. The van der Waals surface area contributed by atoms with Crippen molar-refractivity contribution in [2.75, 3.05) is 6.54 Å². The molecular weight excluding hydrogens is 240 g/mol. The van der Waals surface area contributed by atoms with Crippen molar-refractivity contribution in [1.29, 1.82) is 0 Å². The molecule has 1 amide bonds. The summed E-state index contributed by atoms with van der Waals surface area (Å²) in [7, 11) is 0. The van der Waals surface area contributed by atoms with E-state index in [1.54, 1.807) is 23.4 Å². The molecule has 0 saturated heterocycles. The number of hydrogen-bond acceptors (Lipinski definition) is 3. The fraction of sp³-hybridized carbons (Fsp3) is 0.400. The van der Waals surface area contributed by atoms with Crippen molar-refractivity contribution < 1.29 is 9.59 Å². The van der Waals surface area contributed by atoms with E-state index in [1.165, 1.54) is 0 Å². The van der Waals surface area contributed by atoms with Crippen LogP contribution in [0.5, 0.6) is 0 Å². The van der Waals surface area contributed by atoms with Gasteiger partial charge < -0.3 is 4.90 Å². The number of aromatic nitrogens is 1. The molecule has 19 heavy (non-hydrogen) atoms. The lowest BCUT2D eigenvalue weighted by atomic mass is 10.1. The topological polar surface area (TPSA) is 50.3 Å². The summed E-state index contributed by atoms with van der Waals surface area (Å²) in [6.45, 7) is 4.64. The highest BCUT2D eigenvalue weighted by Crippen LogP contribution is 2.24. The Labute approximate surface area is 113 Å². The normalized spacial score (nSPS) is 18.3. The number of hydrogen-bond donors (Lipinski definition) is 0. The third kappa shape index (κ3) is 3.28. The molecule has 1 atom stereocenters. The average Bonchev–Trinajstić information content (AvgIpc) is 2.85. The molecule has 1 fully saturated rings. The van der Waals surface area contributed by atoms with Gasteiger partial charge in [-0.25, -0.2) is 0 Å². The Morgan fingerprint density at radius 1 is 1.47 bits per heavy atom. The molecule has 4 heteroatoms. The van der Waals surface area contributed by atoms with Crippen LogP contribution in [-0.2, 0) is 16.1 Å². The van der Waals surface area contributed by atoms with Crippen molar-refractivity contribution in [2.24, 2.45) is 5.92 Å². The van der Waals surface area contributed by atoms with Crippen LogP contribution in [0.2, 0.25) is 0 Å². The van der Waals surface area contributed by atoms with Gasteiger partial charge in [0.1, 0.15) is 5.78 Å². The number of Topliss-reactive ketones (excluding diaryl/α,β-unsaturated/α-hetero) is 1. The van der Waals surface area contributed by atoms with Gasteiger partial charge in [-0.05, 0) is 30.5 Å². The van der Waals surface area contributed by atoms with E-state index in [1.807, 2.05) is 12.1 Å². The molecule has 4 nitrogen and oxygen atoms in total. The first-order valence-electron chi connectivity index (χ1n) is 6.53. The van der Waals surface area contributed by atoms with Crippen molar-refractivity contribution >= 4 is 11.7 Å². The minimum Gasteiger partial charge on any atom is -0.334 e. The van der Waals surface area contributed by atoms with E-state index < -0.39 is 5.92 Å². The molecule has 1 aliphatic rings. The van der Waals surface area contributed by atoms with Crippen LogP contribution in [0.4, 0.5) is 0 Å². The first-order chi connectivity index (χ1) is 9.22. The lowest BCUT2D eigenvalue weighted by molar-refractivity contribution is -0.140. The summed E-state index contributed by atoms with van der Waals surface area (Å²) >= 11 is 0. The summed E-state index contributed by atoms with van der Waals surface area (Å²) in [6, 6.07) is 3.75. The number of pyridine rings is 1. The molecular formula is C15H18N2O2. The largest absolute Gasteiger partial charge is 0.334 e. The van der Waals surface area contributed by atoms with E-state index in [9.17, 15) is 9.59 Å². The predicted molar refractivity (Wildman–Crippen MR) is 72.2 cm³/mol. The zero-order valence-corrected chi connectivity index (χ0v) is 10.9. The third-order valence-corrected chi connectivity index (χ3v) is 3.39. The van der Waals surface area contributed by atoms with Gasteiger partial charge in [-0.3, -0.25) is 14.6 Å². The number of amides is 1. The molecule has 1 heterocycles. The molecule has 1 unspecified atom stereocenters.